The molecule has 0 aromatic heterocycles. The average Bonchev–Trinajstić information content (AvgIpc) is 2.31. The molecule has 0 bridgehead atoms. The molecule has 0 unspecified atom stereocenters. The number of Topliss-reactive ketones (excluding diaryl/α,β-unsaturated/α-hetero) is 1. The average molecular weight is 239 g/mol. The van der Waals surface area contributed by atoms with Crippen LogP contribution in [0, 0.1) is 5.92 Å². The van der Waals surface area contributed by atoms with E-state index in [1.165, 1.54) is 25.7 Å². The number of amides is 1. The summed E-state index contributed by atoms with van der Waals surface area (Å²) in [6, 6.07) is -0.192. The van der Waals surface area contributed by atoms with E-state index < -0.39 is 0 Å². The molecule has 1 N–H and O–H groups in total. The Labute approximate surface area is 104 Å². The first kappa shape index (κ1) is 14.2. The quantitative estimate of drug-likeness (QED) is 0.662. The van der Waals surface area contributed by atoms with Crippen LogP contribution >= 0.6 is 0 Å². The molecular formula is C14H25NO2. The highest BCUT2D eigenvalue weighted by molar-refractivity contribution is 5.94. The van der Waals surface area contributed by atoms with E-state index in [1.807, 2.05) is 6.92 Å². The summed E-state index contributed by atoms with van der Waals surface area (Å²) < 4.78 is 0. The molecule has 1 aliphatic rings. The lowest BCUT2D eigenvalue weighted by Gasteiger charge is -2.32. The highest BCUT2D eigenvalue weighted by atomic mass is 16.2. The molecule has 3 heteroatoms. The Balaban J connectivity index is 2.00. The first-order valence-electron chi connectivity index (χ1n) is 6.97. The van der Waals surface area contributed by atoms with Crippen LogP contribution in [0.15, 0.2) is 0 Å². The molecule has 1 rings (SSSR count). The molecule has 98 valence electrons. The van der Waals surface area contributed by atoms with Crippen LogP contribution in [0.25, 0.3) is 0 Å². The number of carbonyl (C=O) groups excluding carboxylic acids is 2. The smallest absolute Gasteiger partial charge is 0.220 e. The second kappa shape index (κ2) is 7.46. The van der Waals surface area contributed by atoms with Gasteiger partial charge in [-0.3, -0.25) is 9.59 Å². The third kappa shape index (κ3) is 4.88. The monoisotopic (exact) mass is 239 g/mol. The van der Waals surface area contributed by atoms with Gasteiger partial charge in [0.15, 0.2) is 5.78 Å². The van der Waals surface area contributed by atoms with Crippen molar-refractivity contribution >= 4 is 11.7 Å². The molecular weight excluding hydrogens is 214 g/mol. The summed E-state index contributed by atoms with van der Waals surface area (Å²) >= 11 is 0. The van der Waals surface area contributed by atoms with E-state index in [9.17, 15) is 9.59 Å². The Morgan fingerprint density at radius 3 is 2.47 bits per heavy atom. The number of carbonyl (C=O) groups is 2. The predicted octanol–water partition coefficient (Wildman–Crippen LogP) is 2.83. The zero-order valence-electron chi connectivity index (χ0n) is 11.1. The van der Waals surface area contributed by atoms with Gasteiger partial charge >= 0.3 is 0 Å². The lowest BCUT2D eigenvalue weighted by molar-refractivity contribution is -0.135. The minimum atomic E-state index is -0.192. The van der Waals surface area contributed by atoms with Gasteiger partial charge in [0.1, 0.15) is 0 Å². The van der Waals surface area contributed by atoms with Crippen molar-refractivity contribution in [3.05, 3.63) is 0 Å². The second-order valence-corrected chi connectivity index (χ2v) is 5.21. The van der Waals surface area contributed by atoms with E-state index in [1.54, 1.807) is 0 Å². The third-order valence-corrected chi connectivity index (χ3v) is 3.51. The molecule has 1 saturated carbocycles. The second-order valence-electron chi connectivity index (χ2n) is 5.21. The van der Waals surface area contributed by atoms with Crippen LogP contribution < -0.4 is 5.32 Å². The topological polar surface area (TPSA) is 46.2 Å². The Kier molecular flexibility index (Phi) is 6.23. The zero-order valence-corrected chi connectivity index (χ0v) is 11.1. The van der Waals surface area contributed by atoms with Crippen LogP contribution in [0.1, 0.15) is 65.2 Å². The van der Waals surface area contributed by atoms with Gasteiger partial charge in [-0.25, -0.2) is 0 Å². The fraction of sp³-hybridized carbons (Fsp3) is 0.857. The van der Waals surface area contributed by atoms with E-state index in [2.05, 4.69) is 12.2 Å². The molecule has 17 heavy (non-hydrogen) atoms. The highest BCUT2D eigenvalue weighted by Gasteiger charge is 2.36. The van der Waals surface area contributed by atoms with Gasteiger partial charge in [-0.15, -0.1) is 0 Å². The van der Waals surface area contributed by atoms with E-state index in [4.69, 9.17) is 0 Å². The molecule has 0 heterocycles. The Morgan fingerprint density at radius 1 is 1.24 bits per heavy atom. The van der Waals surface area contributed by atoms with Crippen molar-refractivity contribution in [1.82, 2.24) is 5.32 Å². The number of hydrogen-bond acceptors (Lipinski definition) is 2. The van der Waals surface area contributed by atoms with Gasteiger partial charge in [0.05, 0.1) is 6.04 Å². The van der Waals surface area contributed by atoms with Crippen molar-refractivity contribution in [2.75, 3.05) is 0 Å². The molecule has 1 amide bonds. The van der Waals surface area contributed by atoms with Gasteiger partial charge in [0.2, 0.25) is 5.91 Å². The Bertz CT molecular complexity index is 263. The molecule has 0 spiro atoms. The normalized spacial score (nSPS) is 23.3. The molecule has 0 aliphatic heterocycles. The first-order chi connectivity index (χ1) is 8.15. The van der Waals surface area contributed by atoms with Gasteiger partial charge in [-0.05, 0) is 12.3 Å². The van der Waals surface area contributed by atoms with Crippen LogP contribution in [-0.2, 0) is 9.59 Å². The van der Waals surface area contributed by atoms with Crippen molar-refractivity contribution in [2.24, 2.45) is 5.92 Å². The maximum Gasteiger partial charge on any atom is 0.220 e. The number of nitrogens with one attached hydrogen (secondary N) is 1. The number of ketones is 1. The Hall–Kier alpha value is -0.860. The maximum atomic E-state index is 11.6. The van der Waals surface area contributed by atoms with E-state index >= 15 is 0 Å². The molecule has 0 saturated heterocycles. The summed E-state index contributed by atoms with van der Waals surface area (Å²) in [4.78, 5) is 22.8. The lowest BCUT2D eigenvalue weighted by Crippen LogP contribution is -2.53. The summed E-state index contributed by atoms with van der Waals surface area (Å²) in [6.07, 6.45) is 8.32. The van der Waals surface area contributed by atoms with E-state index in [0.717, 1.165) is 12.8 Å². The summed E-state index contributed by atoms with van der Waals surface area (Å²) in [5.41, 5.74) is 0. The van der Waals surface area contributed by atoms with E-state index in [0.29, 0.717) is 18.8 Å². The van der Waals surface area contributed by atoms with Gasteiger partial charge in [0.25, 0.3) is 0 Å². The highest BCUT2D eigenvalue weighted by Crippen LogP contribution is 2.22. The van der Waals surface area contributed by atoms with Crippen molar-refractivity contribution < 1.29 is 9.59 Å². The van der Waals surface area contributed by atoms with Crippen LogP contribution in [0.4, 0.5) is 0 Å². The minimum absolute atomic E-state index is 0.0467. The summed E-state index contributed by atoms with van der Waals surface area (Å²) in [6.45, 7) is 4.21. The minimum Gasteiger partial charge on any atom is -0.346 e. The number of unbranched alkanes of at least 4 members (excludes halogenated alkanes) is 5. The summed E-state index contributed by atoms with van der Waals surface area (Å²) in [5, 5.41) is 2.83. The van der Waals surface area contributed by atoms with Crippen LogP contribution in [0.3, 0.4) is 0 Å². The standard InChI is InChI=1S/C14H25NO2/c1-3-4-5-6-7-8-9-13(17)15-14-11(2)10-12(14)16/h11,14H,3-10H2,1-2H3,(H,15,17)/t11-,14+/m1/s1. The molecule has 3 nitrogen and oxygen atoms in total. The fourth-order valence-corrected chi connectivity index (χ4v) is 2.25. The molecule has 1 fully saturated rings. The molecule has 2 atom stereocenters. The van der Waals surface area contributed by atoms with Crippen molar-refractivity contribution in [3.8, 4) is 0 Å². The van der Waals surface area contributed by atoms with Crippen LogP contribution in [0.5, 0.6) is 0 Å². The molecule has 0 aromatic rings. The first-order valence-corrected chi connectivity index (χ1v) is 6.97. The van der Waals surface area contributed by atoms with Gasteiger partial charge < -0.3 is 5.32 Å². The largest absolute Gasteiger partial charge is 0.346 e. The SMILES string of the molecule is CCCCCCCCC(=O)N[C@@H]1C(=O)C[C@H]1C. The van der Waals surface area contributed by atoms with Crippen molar-refractivity contribution in [3.63, 3.8) is 0 Å². The van der Waals surface area contributed by atoms with Gasteiger partial charge in [0, 0.05) is 12.8 Å². The van der Waals surface area contributed by atoms with Crippen molar-refractivity contribution in [2.45, 2.75) is 71.3 Å². The molecule has 0 radical (unpaired) electrons. The summed E-state index contributed by atoms with van der Waals surface area (Å²) in [5.74, 6) is 0.565. The summed E-state index contributed by atoms with van der Waals surface area (Å²) in [7, 11) is 0. The third-order valence-electron chi connectivity index (χ3n) is 3.51. The molecule has 0 aromatic carbocycles. The van der Waals surface area contributed by atoms with E-state index in [-0.39, 0.29) is 17.7 Å². The van der Waals surface area contributed by atoms with Gasteiger partial charge in [-0.1, -0.05) is 46.0 Å². The fourth-order valence-electron chi connectivity index (χ4n) is 2.25. The van der Waals surface area contributed by atoms with Crippen LogP contribution in [0.2, 0.25) is 0 Å². The zero-order chi connectivity index (χ0) is 12.7. The number of hydrogen-bond donors (Lipinski definition) is 1. The predicted molar refractivity (Wildman–Crippen MR) is 68.7 cm³/mol. The Morgan fingerprint density at radius 2 is 1.88 bits per heavy atom. The maximum absolute atomic E-state index is 11.6. The van der Waals surface area contributed by atoms with Crippen molar-refractivity contribution in [1.29, 1.82) is 0 Å². The lowest BCUT2D eigenvalue weighted by atomic mass is 9.79. The molecule has 1 aliphatic carbocycles. The van der Waals surface area contributed by atoms with Crippen LogP contribution in [-0.4, -0.2) is 17.7 Å². The number of rotatable bonds is 8. The van der Waals surface area contributed by atoms with Gasteiger partial charge in [-0.2, -0.15) is 0 Å².